The van der Waals surface area contributed by atoms with Crippen LogP contribution in [0.25, 0.3) is 0 Å². The highest BCUT2D eigenvalue weighted by molar-refractivity contribution is 5.85. The Labute approximate surface area is 83.5 Å². The number of carbonyl (C=O) groups is 1. The highest BCUT2D eigenvalue weighted by Crippen LogP contribution is 2.39. The molecule has 0 spiro atoms. The fourth-order valence-corrected chi connectivity index (χ4v) is 1.35. The molecule has 0 aromatic carbocycles. The number of aryl methyl sites for hydroxylation is 1. The minimum atomic E-state index is -0.947. The second kappa shape index (κ2) is 4.26. The van der Waals surface area contributed by atoms with Crippen LogP contribution in [0.15, 0.2) is 6.07 Å². The maximum Gasteiger partial charge on any atom is 0.356 e. The number of carboxylic acids is 1. The van der Waals surface area contributed by atoms with Gasteiger partial charge in [-0.25, -0.2) is 4.79 Å². The number of rotatable bonds is 2. The molecule has 2 rings (SSSR count). The molecule has 1 fully saturated rings. The third kappa shape index (κ3) is 2.13. The van der Waals surface area contributed by atoms with Gasteiger partial charge >= 0.3 is 5.97 Å². The van der Waals surface area contributed by atoms with Gasteiger partial charge in [0.25, 0.3) is 0 Å². The number of hydrogen-bond donors (Lipinski definition) is 1. The highest BCUT2D eigenvalue weighted by atomic mass is 16.4. The standard InChI is InChI=1S/C8H10N2O2.C2H6/c1-10-7(5-2-3-5)4-6(9-10)8(11)12;1-2/h4-5H,2-3H2,1H3,(H,11,12);1-2H3. The number of hydrogen-bond acceptors (Lipinski definition) is 2. The van der Waals surface area contributed by atoms with Crippen molar-refractivity contribution in [3.8, 4) is 0 Å². The molecule has 4 heteroatoms. The first-order valence-electron chi connectivity index (χ1n) is 4.95. The molecule has 0 aliphatic heterocycles. The minimum Gasteiger partial charge on any atom is -0.476 e. The van der Waals surface area contributed by atoms with Crippen molar-refractivity contribution >= 4 is 5.97 Å². The Morgan fingerprint density at radius 1 is 1.57 bits per heavy atom. The van der Waals surface area contributed by atoms with Gasteiger partial charge in [0.15, 0.2) is 5.69 Å². The summed E-state index contributed by atoms with van der Waals surface area (Å²) in [5, 5.41) is 12.5. The molecule has 0 bridgehead atoms. The largest absolute Gasteiger partial charge is 0.476 e. The molecule has 1 aromatic rings. The van der Waals surface area contributed by atoms with E-state index in [-0.39, 0.29) is 5.69 Å². The zero-order chi connectivity index (χ0) is 10.7. The van der Waals surface area contributed by atoms with E-state index in [0.717, 1.165) is 5.69 Å². The fraction of sp³-hybridized carbons (Fsp3) is 0.600. The van der Waals surface area contributed by atoms with Gasteiger partial charge in [0.05, 0.1) is 0 Å². The summed E-state index contributed by atoms with van der Waals surface area (Å²) in [6, 6.07) is 1.67. The van der Waals surface area contributed by atoms with Crippen molar-refractivity contribution in [1.82, 2.24) is 9.78 Å². The zero-order valence-electron chi connectivity index (χ0n) is 8.82. The summed E-state index contributed by atoms with van der Waals surface area (Å²) in [4.78, 5) is 10.5. The summed E-state index contributed by atoms with van der Waals surface area (Å²) in [6.45, 7) is 4.00. The Bertz CT molecular complexity index is 327. The van der Waals surface area contributed by atoms with Gasteiger partial charge < -0.3 is 5.11 Å². The molecular weight excluding hydrogens is 180 g/mol. The van der Waals surface area contributed by atoms with Crippen molar-refractivity contribution in [2.24, 2.45) is 7.05 Å². The Hall–Kier alpha value is -1.32. The Kier molecular flexibility index (Phi) is 3.28. The average molecular weight is 196 g/mol. The lowest BCUT2D eigenvalue weighted by molar-refractivity contribution is 0.0689. The molecule has 0 unspecified atom stereocenters. The van der Waals surface area contributed by atoms with Gasteiger partial charge in [0.2, 0.25) is 0 Å². The van der Waals surface area contributed by atoms with Crippen LogP contribution in [0.2, 0.25) is 0 Å². The Morgan fingerprint density at radius 2 is 2.14 bits per heavy atom. The van der Waals surface area contributed by atoms with E-state index in [9.17, 15) is 4.79 Å². The molecular formula is C10H16N2O2. The quantitative estimate of drug-likeness (QED) is 0.787. The van der Waals surface area contributed by atoms with E-state index >= 15 is 0 Å². The van der Waals surface area contributed by atoms with Crippen molar-refractivity contribution in [2.45, 2.75) is 32.6 Å². The zero-order valence-corrected chi connectivity index (χ0v) is 8.82. The van der Waals surface area contributed by atoms with Crippen LogP contribution >= 0.6 is 0 Å². The van der Waals surface area contributed by atoms with Gasteiger partial charge in [-0.3, -0.25) is 4.68 Å². The van der Waals surface area contributed by atoms with Gasteiger partial charge in [0.1, 0.15) is 0 Å². The smallest absolute Gasteiger partial charge is 0.356 e. The van der Waals surface area contributed by atoms with Crippen LogP contribution in [0.4, 0.5) is 0 Å². The van der Waals surface area contributed by atoms with Crippen molar-refractivity contribution < 1.29 is 9.90 Å². The lowest BCUT2D eigenvalue weighted by Gasteiger charge is -1.94. The molecule has 14 heavy (non-hydrogen) atoms. The molecule has 4 nitrogen and oxygen atoms in total. The number of nitrogens with zero attached hydrogens (tertiary/aromatic N) is 2. The van der Waals surface area contributed by atoms with Gasteiger partial charge in [-0.1, -0.05) is 13.8 Å². The number of aromatic nitrogens is 2. The third-order valence-corrected chi connectivity index (χ3v) is 2.13. The summed E-state index contributed by atoms with van der Waals surface area (Å²) in [5.74, 6) is -0.395. The highest BCUT2D eigenvalue weighted by Gasteiger charge is 2.28. The van der Waals surface area contributed by atoms with Crippen LogP contribution in [0, 0.1) is 0 Å². The first-order valence-corrected chi connectivity index (χ1v) is 4.95. The maximum atomic E-state index is 10.5. The average Bonchev–Trinajstić information content (AvgIpc) is 2.93. The first kappa shape index (κ1) is 10.8. The van der Waals surface area contributed by atoms with Crippen LogP contribution in [0.5, 0.6) is 0 Å². The third-order valence-electron chi connectivity index (χ3n) is 2.13. The van der Waals surface area contributed by atoms with E-state index < -0.39 is 5.97 Å². The molecule has 0 radical (unpaired) electrons. The normalized spacial score (nSPS) is 14.5. The lowest BCUT2D eigenvalue weighted by Crippen LogP contribution is -1.99. The van der Waals surface area contributed by atoms with Crippen LogP contribution < -0.4 is 0 Å². The topological polar surface area (TPSA) is 55.1 Å². The van der Waals surface area contributed by atoms with Gasteiger partial charge in [-0.15, -0.1) is 0 Å². The van der Waals surface area contributed by atoms with Crippen LogP contribution in [-0.2, 0) is 7.05 Å². The summed E-state index contributed by atoms with van der Waals surface area (Å²) in [5.41, 5.74) is 1.20. The second-order valence-electron chi connectivity index (χ2n) is 3.16. The van der Waals surface area contributed by atoms with Crippen molar-refractivity contribution in [1.29, 1.82) is 0 Å². The Morgan fingerprint density at radius 3 is 2.50 bits per heavy atom. The van der Waals surface area contributed by atoms with E-state index in [1.54, 1.807) is 17.8 Å². The van der Waals surface area contributed by atoms with Crippen LogP contribution in [-0.4, -0.2) is 20.9 Å². The van der Waals surface area contributed by atoms with E-state index in [4.69, 9.17) is 5.11 Å². The van der Waals surface area contributed by atoms with Crippen LogP contribution in [0.1, 0.15) is 48.8 Å². The van der Waals surface area contributed by atoms with E-state index in [1.165, 1.54) is 12.8 Å². The van der Waals surface area contributed by atoms with E-state index in [0.29, 0.717) is 5.92 Å². The van der Waals surface area contributed by atoms with E-state index in [2.05, 4.69) is 5.10 Å². The monoisotopic (exact) mass is 196 g/mol. The molecule has 0 saturated heterocycles. The maximum absolute atomic E-state index is 10.5. The molecule has 0 amide bonds. The summed E-state index contributed by atoms with van der Waals surface area (Å²) in [7, 11) is 1.79. The molecule has 1 N–H and O–H groups in total. The molecule has 1 aliphatic rings. The number of aromatic carboxylic acids is 1. The van der Waals surface area contributed by atoms with Crippen molar-refractivity contribution in [3.63, 3.8) is 0 Å². The van der Waals surface area contributed by atoms with Crippen molar-refractivity contribution in [3.05, 3.63) is 17.5 Å². The van der Waals surface area contributed by atoms with Gasteiger partial charge in [-0.2, -0.15) is 5.10 Å². The van der Waals surface area contributed by atoms with E-state index in [1.807, 2.05) is 13.8 Å². The van der Waals surface area contributed by atoms with Crippen LogP contribution in [0.3, 0.4) is 0 Å². The molecule has 78 valence electrons. The van der Waals surface area contributed by atoms with Crippen molar-refractivity contribution in [2.75, 3.05) is 0 Å². The summed E-state index contributed by atoms with van der Waals surface area (Å²) >= 11 is 0. The molecule has 1 saturated carbocycles. The lowest BCUT2D eigenvalue weighted by atomic mass is 10.2. The first-order chi connectivity index (χ1) is 6.68. The van der Waals surface area contributed by atoms with Gasteiger partial charge in [0, 0.05) is 18.7 Å². The molecule has 0 atom stereocenters. The fourth-order valence-electron chi connectivity index (χ4n) is 1.35. The molecule has 1 heterocycles. The number of carboxylic acid groups (broad SMARTS) is 1. The second-order valence-corrected chi connectivity index (χ2v) is 3.16. The predicted octanol–water partition coefficient (Wildman–Crippen LogP) is 2.02. The summed E-state index contributed by atoms with van der Waals surface area (Å²) < 4.78 is 1.67. The SMILES string of the molecule is CC.Cn1nc(C(=O)O)cc1C1CC1. The minimum absolute atomic E-state index is 0.152. The summed E-state index contributed by atoms with van der Waals surface area (Å²) in [6.07, 6.45) is 2.33. The molecule has 1 aromatic heterocycles. The Balaban J connectivity index is 0.000000461. The van der Waals surface area contributed by atoms with Gasteiger partial charge in [-0.05, 0) is 18.9 Å². The predicted molar refractivity (Wildman–Crippen MR) is 53.5 cm³/mol. The molecule has 1 aliphatic carbocycles.